The lowest BCUT2D eigenvalue weighted by Gasteiger charge is -2.25. The number of carbonyl (C=O) groups excluding carboxylic acids is 1. The molecule has 1 aromatic heterocycles. The molecule has 0 atom stereocenters. The van der Waals surface area contributed by atoms with Crippen molar-refractivity contribution >= 4 is 23.4 Å². The molecule has 2 N–H and O–H groups in total. The Balaban J connectivity index is 1.67. The number of thioether (sulfide) groups is 1. The predicted molar refractivity (Wildman–Crippen MR) is 121 cm³/mol. The lowest BCUT2D eigenvalue weighted by Crippen LogP contribution is -2.27. The van der Waals surface area contributed by atoms with E-state index in [0.717, 1.165) is 44.2 Å². The van der Waals surface area contributed by atoms with E-state index in [2.05, 4.69) is 25.4 Å². The second-order valence-corrected chi connectivity index (χ2v) is 8.92. The Morgan fingerprint density at radius 3 is 2.76 bits per heavy atom. The van der Waals surface area contributed by atoms with Gasteiger partial charge in [0.15, 0.2) is 11.0 Å². The van der Waals surface area contributed by atoms with Gasteiger partial charge in [0, 0.05) is 32.0 Å². The van der Waals surface area contributed by atoms with Gasteiger partial charge in [-0.3, -0.25) is 4.79 Å². The number of halogens is 3. The van der Waals surface area contributed by atoms with E-state index in [0.29, 0.717) is 29.8 Å². The number of nitrogens with zero attached hydrogens (tertiary/aromatic N) is 3. The molecule has 1 aliphatic rings. The van der Waals surface area contributed by atoms with Crippen LogP contribution in [0.25, 0.3) is 0 Å². The molecular weight excluding hydrogens is 455 g/mol. The molecule has 2 aromatic rings. The van der Waals surface area contributed by atoms with Crippen LogP contribution < -0.4 is 10.6 Å². The lowest BCUT2D eigenvalue weighted by molar-refractivity contribution is -0.137. The van der Waals surface area contributed by atoms with Crippen LogP contribution in [0, 0.1) is 0 Å². The highest BCUT2D eigenvalue weighted by Crippen LogP contribution is 2.33. The zero-order valence-electron chi connectivity index (χ0n) is 18.7. The second-order valence-electron chi connectivity index (χ2n) is 7.98. The number of nitrogens with one attached hydrogen (secondary N) is 2. The highest BCUT2D eigenvalue weighted by atomic mass is 32.2. The summed E-state index contributed by atoms with van der Waals surface area (Å²) in [5.41, 5.74) is -0.332. The number of methoxy groups -OCH3 is 1. The van der Waals surface area contributed by atoms with E-state index in [1.54, 1.807) is 13.2 Å². The van der Waals surface area contributed by atoms with Crippen molar-refractivity contribution in [3.63, 3.8) is 0 Å². The normalized spacial score (nSPS) is 14.9. The Hall–Kier alpha value is -2.27. The molecule has 1 aromatic carbocycles. The Morgan fingerprint density at radius 2 is 2.03 bits per heavy atom. The summed E-state index contributed by atoms with van der Waals surface area (Å²) in [6.45, 7) is 1.38. The number of hydrogen-bond donors (Lipinski definition) is 2. The maximum absolute atomic E-state index is 13.0. The number of benzene rings is 1. The van der Waals surface area contributed by atoms with Crippen LogP contribution in [0.5, 0.6) is 0 Å². The first-order chi connectivity index (χ1) is 15.9. The molecule has 0 spiro atoms. The van der Waals surface area contributed by atoms with E-state index in [1.807, 2.05) is 0 Å². The molecule has 182 valence electrons. The average Bonchev–Trinajstić information content (AvgIpc) is 3.22. The summed E-state index contributed by atoms with van der Waals surface area (Å²) < 4.78 is 46.1. The van der Waals surface area contributed by atoms with Gasteiger partial charge in [-0.2, -0.15) is 13.2 Å². The average molecular weight is 486 g/mol. The minimum Gasteiger partial charge on any atom is -0.385 e. The lowest BCUT2D eigenvalue weighted by atomic mass is 9.95. The quantitative estimate of drug-likeness (QED) is 0.356. The van der Waals surface area contributed by atoms with Crippen LogP contribution in [-0.2, 0) is 22.3 Å². The largest absolute Gasteiger partial charge is 0.416 e. The van der Waals surface area contributed by atoms with Crippen molar-refractivity contribution < 1.29 is 22.7 Å². The van der Waals surface area contributed by atoms with Crippen LogP contribution in [0.2, 0.25) is 0 Å². The van der Waals surface area contributed by atoms with Crippen molar-refractivity contribution in [3.8, 4) is 0 Å². The molecule has 0 aliphatic heterocycles. The molecular formula is C22H30F3N5O2S. The van der Waals surface area contributed by atoms with E-state index in [-0.39, 0.29) is 24.2 Å². The summed E-state index contributed by atoms with van der Waals surface area (Å²) in [7, 11) is 1.62. The van der Waals surface area contributed by atoms with Crippen LogP contribution in [-0.4, -0.2) is 46.7 Å². The molecule has 3 rings (SSSR count). The zero-order valence-corrected chi connectivity index (χ0v) is 19.5. The first-order valence-corrected chi connectivity index (χ1v) is 12.1. The molecule has 0 saturated heterocycles. The van der Waals surface area contributed by atoms with Gasteiger partial charge in [-0.05, 0) is 37.5 Å². The van der Waals surface area contributed by atoms with Crippen LogP contribution in [0.3, 0.4) is 0 Å². The van der Waals surface area contributed by atoms with Crippen molar-refractivity contribution in [2.24, 2.45) is 0 Å². The van der Waals surface area contributed by atoms with E-state index in [1.165, 1.54) is 24.2 Å². The fourth-order valence-corrected chi connectivity index (χ4v) is 4.70. The molecule has 1 heterocycles. The standard InChI is InChI=1S/C22H30F3N5O2S/c1-32-12-6-11-26-20(31)15-33-21-29-28-19(30(21)18-9-3-2-4-10-18)14-27-17-8-5-7-16(13-17)22(23,24)25/h5,7-8,13,18,27H,2-4,6,9-12,14-15H2,1H3,(H,26,31). The molecule has 1 amide bonds. The fourth-order valence-electron chi connectivity index (χ4n) is 3.84. The Kier molecular flexibility index (Phi) is 9.42. The molecule has 0 bridgehead atoms. The molecule has 0 radical (unpaired) electrons. The third kappa shape index (κ3) is 7.63. The third-order valence-electron chi connectivity index (χ3n) is 5.50. The summed E-state index contributed by atoms with van der Waals surface area (Å²) in [6.07, 6.45) is 1.73. The number of aromatic nitrogens is 3. The van der Waals surface area contributed by atoms with Crippen LogP contribution in [0.4, 0.5) is 18.9 Å². The molecule has 1 fully saturated rings. The van der Waals surface area contributed by atoms with Crippen LogP contribution in [0.15, 0.2) is 29.4 Å². The maximum Gasteiger partial charge on any atom is 0.416 e. The van der Waals surface area contributed by atoms with Gasteiger partial charge in [0.1, 0.15) is 0 Å². The zero-order chi connectivity index (χ0) is 23.7. The molecule has 11 heteroatoms. The summed E-state index contributed by atoms with van der Waals surface area (Å²) in [5.74, 6) is 0.791. The van der Waals surface area contributed by atoms with E-state index in [4.69, 9.17) is 4.74 Å². The van der Waals surface area contributed by atoms with E-state index >= 15 is 0 Å². The van der Waals surface area contributed by atoms with Gasteiger partial charge < -0.3 is 19.9 Å². The van der Waals surface area contributed by atoms with Crippen molar-refractivity contribution in [1.29, 1.82) is 0 Å². The van der Waals surface area contributed by atoms with Gasteiger partial charge in [0.25, 0.3) is 0 Å². The number of alkyl halides is 3. The minimum atomic E-state index is -4.40. The Bertz CT molecular complexity index is 900. The van der Waals surface area contributed by atoms with Gasteiger partial charge in [-0.1, -0.05) is 37.1 Å². The number of rotatable bonds is 11. The number of amides is 1. The van der Waals surface area contributed by atoms with Gasteiger partial charge in [0.05, 0.1) is 17.9 Å². The fraction of sp³-hybridized carbons (Fsp3) is 0.591. The van der Waals surface area contributed by atoms with Crippen molar-refractivity contribution in [2.45, 2.75) is 62.4 Å². The second kappa shape index (κ2) is 12.3. The highest BCUT2D eigenvalue weighted by Gasteiger charge is 2.30. The summed E-state index contributed by atoms with van der Waals surface area (Å²) in [6, 6.07) is 5.33. The number of hydrogen-bond acceptors (Lipinski definition) is 6. The maximum atomic E-state index is 13.0. The molecule has 7 nitrogen and oxygen atoms in total. The predicted octanol–water partition coefficient (Wildman–Crippen LogP) is 4.66. The minimum absolute atomic E-state index is 0.0852. The van der Waals surface area contributed by atoms with Crippen LogP contribution >= 0.6 is 11.8 Å². The van der Waals surface area contributed by atoms with Gasteiger partial charge in [0.2, 0.25) is 5.91 Å². The molecule has 0 unspecified atom stereocenters. The van der Waals surface area contributed by atoms with E-state index in [9.17, 15) is 18.0 Å². The summed E-state index contributed by atoms with van der Waals surface area (Å²) in [4.78, 5) is 12.2. The first kappa shape index (κ1) is 25.4. The molecule has 1 aliphatic carbocycles. The van der Waals surface area contributed by atoms with Crippen LogP contribution in [0.1, 0.15) is 56.0 Å². The van der Waals surface area contributed by atoms with Gasteiger partial charge >= 0.3 is 6.18 Å². The number of carbonyl (C=O) groups is 1. The highest BCUT2D eigenvalue weighted by molar-refractivity contribution is 7.99. The van der Waals surface area contributed by atoms with E-state index < -0.39 is 11.7 Å². The first-order valence-electron chi connectivity index (χ1n) is 11.1. The van der Waals surface area contributed by atoms with Crippen molar-refractivity contribution in [3.05, 3.63) is 35.7 Å². The topological polar surface area (TPSA) is 81.1 Å². The van der Waals surface area contributed by atoms with Gasteiger partial charge in [-0.25, -0.2) is 0 Å². The monoisotopic (exact) mass is 485 g/mol. The SMILES string of the molecule is COCCCNC(=O)CSc1nnc(CNc2cccc(C(F)(F)F)c2)n1C1CCCCC1. The smallest absolute Gasteiger partial charge is 0.385 e. The van der Waals surface area contributed by atoms with Gasteiger partial charge in [-0.15, -0.1) is 10.2 Å². The summed E-state index contributed by atoms with van der Waals surface area (Å²) in [5, 5.41) is 15.2. The van der Waals surface area contributed by atoms with Crippen molar-refractivity contribution in [1.82, 2.24) is 20.1 Å². The number of ether oxygens (including phenoxy) is 1. The Morgan fingerprint density at radius 1 is 1.24 bits per heavy atom. The molecule has 33 heavy (non-hydrogen) atoms. The molecule has 1 saturated carbocycles. The third-order valence-corrected chi connectivity index (χ3v) is 6.44. The number of anilines is 1. The van der Waals surface area contributed by atoms with Crippen molar-refractivity contribution in [2.75, 3.05) is 31.3 Å². The summed E-state index contributed by atoms with van der Waals surface area (Å²) >= 11 is 1.33. The Labute approximate surface area is 195 Å².